The maximum absolute atomic E-state index is 2.50. The number of hydrogen-bond donors (Lipinski definition) is 0. The maximum atomic E-state index is 2.50. The van der Waals surface area contributed by atoms with Crippen molar-refractivity contribution in [1.82, 2.24) is 0 Å². The van der Waals surface area contributed by atoms with Gasteiger partial charge in [-0.1, -0.05) is 59.2 Å². The summed E-state index contributed by atoms with van der Waals surface area (Å²) in [6.07, 6.45) is 5.77. The Hall–Kier alpha value is 0.0649. The Bertz CT molecular complexity index is 190. The molecule has 14 heavy (non-hydrogen) atoms. The van der Waals surface area contributed by atoms with Crippen LogP contribution in [-0.4, -0.2) is 7.85 Å². The summed E-state index contributed by atoms with van der Waals surface area (Å²) in [7, 11) is 2.50. The highest BCUT2D eigenvalue weighted by Crippen LogP contribution is 2.52. The SMILES string of the molecule is BC1(C(C)C)CCCC(C(C)(C)C)C1. The monoisotopic (exact) mass is 194 g/mol. The Labute approximate surface area is 91.3 Å². The molecular formula is C13H27B. The van der Waals surface area contributed by atoms with Gasteiger partial charge in [0.15, 0.2) is 0 Å². The molecule has 0 nitrogen and oxygen atoms in total. The lowest BCUT2D eigenvalue weighted by Gasteiger charge is -2.46. The van der Waals surface area contributed by atoms with Crippen LogP contribution < -0.4 is 0 Å². The van der Waals surface area contributed by atoms with E-state index in [0.717, 1.165) is 11.8 Å². The Morgan fingerprint density at radius 1 is 1.29 bits per heavy atom. The fraction of sp³-hybridized carbons (Fsp3) is 1.00. The van der Waals surface area contributed by atoms with Gasteiger partial charge >= 0.3 is 0 Å². The zero-order chi connectivity index (χ0) is 11.0. The predicted molar refractivity (Wildman–Crippen MR) is 67.5 cm³/mol. The third kappa shape index (κ3) is 2.55. The van der Waals surface area contributed by atoms with Gasteiger partial charge in [0.25, 0.3) is 0 Å². The molecule has 1 fully saturated rings. The number of rotatable bonds is 1. The molecule has 2 unspecified atom stereocenters. The molecule has 1 aliphatic rings. The molecular weight excluding hydrogens is 167 g/mol. The summed E-state index contributed by atoms with van der Waals surface area (Å²) >= 11 is 0. The summed E-state index contributed by atoms with van der Waals surface area (Å²) in [6.45, 7) is 12.0. The first-order valence-corrected chi connectivity index (χ1v) is 6.26. The van der Waals surface area contributed by atoms with Crippen LogP contribution >= 0.6 is 0 Å². The Morgan fingerprint density at radius 2 is 1.86 bits per heavy atom. The van der Waals surface area contributed by atoms with Crippen LogP contribution in [0.3, 0.4) is 0 Å². The van der Waals surface area contributed by atoms with Gasteiger partial charge in [0, 0.05) is 0 Å². The maximum Gasteiger partial charge on any atom is 0.109 e. The smallest absolute Gasteiger partial charge is 0.0629 e. The van der Waals surface area contributed by atoms with E-state index in [1.54, 1.807) is 0 Å². The van der Waals surface area contributed by atoms with Crippen molar-refractivity contribution < 1.29 is 0 Å². The van der Waals surface area contributed by atoms with Crippen molar-refractivity contribution in [3.8, 4) is 0 Å². The van der Waals surface area contributed by atoms with Crippen LogP contribution in [0.5, 0.6) is 0 Å². The van der Waals surface area contributed by atoms with Gasteiger partial charge in [-0.05, 0) is 23.7 Å². The summed E-state index contributed by atoms with van der Waals surface area (Å²) in [5.74, 6) is 1.77. The van der Waals surface area contributed by atoms with Gasteiger partial charge in [0.05, 0.1) is 0 Å². The van der Waals surface area contributed by atoms with E-state index < -0.39 is 0 Å². The molecule has 0 N–H and O–H groups in total. The fourth-order valence-electron chi connectivity index (χ4n) is 2.78. The lowest BCUT2D eigenvalue weighted by Crippen LogP contribution is -2.33. The highest BCUT2D eigenvalue weighted by Gasteiger charge is 2.38. The zero-order valence-corrected chi connectivity index (χ0v) is 11.0. The van der Waals surface area contributed by atoms with Crippen molar-refractivity contribution in [1.29, 1.82) is 0 Å². The third-order valence-electron chi connectivity index (χ3n) is 4.63. The summed E-state index contributed by atoms with van der Waals surface area (Å²) < 4.78 is 0. The molecule has 0 aromatic rings. The van der Waals surface area contributed by atoms with Gasteiger partial charge in [-0.25, -0.2) is 0 Å². The van der Waals surface area contributed by atoms with Gasteiger partial charge in [-0.3, -0.25) is 0 Å². The van der Waals surface area contributed by atoms with Gasteiger partial charge < -0.3 is 0 Å². The lowest BCUT2D eigenvalue weighted by molar-refractivity contribution is 0.130. The van der Waals surface area contributed by atoms with Crippen LogP contribution in [0, 0.1) is 17.3 Å². The standard InChI is InChI=1S/C13H27B/c1-10(2)13(14)8-6-7-11(9-13)12(3,4)5/h10-11H,6-9,14H2,1-5H3. The van der Waals surface area contributed by atoms with E-state index in [2.05, 4.69) is 42.5 Å². The van der Waals surface area contributed by atoms with Crippen molar-refractivity contribution in [2.24, 2.45) is 17.3 Å². The molecule has 1 rings (SSSR count). The van der Waals surface area contributed by atoms with E-state index in [-0.39, 0.29) is 0 Å². The third-order valence-corrected chi connectivity index (χ3v) is 4.63. The predicted octanol–water partition coefficient (Wildman–Crippen LogP) is 3.67. The minimum absolute atomic E-state index is 0.510. The average molecular weight is 194 g/mol. The minimum atomic E-state index is 0.510. The Morgan fingerprint density at radius 3 is 2.29 bits per heavy atom. The van der Waals surface area contributed by atoms with E-state index in [0.29, 0.717) is 10.7 Å². The number of hydrogen-bond acceptors (Lipinski definition) is 0. The molecule has 1 aliphatic carbocycles. The van der Waals surface area contributed by atoms with E-state index in [1.807, 2.05) is 0 Å². The molecule has 2 atom stereocenters. The van der Waals surface area contributed by atoms with Crippen LogP contribution in [0.15, 0.2) is 0 Å². The van der Waals surface area contributed by atoms with Crippen molar-refractivity contribution in [2.75, 3.05) is 0 Å². The second-order valence-electron chi connectivity index (χ2n) is 6.97. The Balaban J connectivity index is 2.69. The van der Waals surface area contributed by atoms with Gasteiger partial charge in [0.1, 0.15) is 7.85 Å². The molecule has 0 radical (unpaired) electrons. The fourth-order valence-corrected chi connectivity index (χ4v) is 2.78. The minimum Gasteiger partial charge on any atom is -0.0629 e. The molecule has 0 spiro atoms. The van der Waals surface area contributed by atoms with E-state index >= 15 is 0 Å². The molecule has 0 aromatic heterocycles. The topological polar surface area (TPSA) is 0 Å². The average Bonchev–Trinajstić information content (AvgIpc) is 2.02. The highest BCUT2D eigenvalue weighted by molar-refractivity contribution is 6.15. The molecule has 0 bridgehead atoms. The van der Waals surface area contributed by atoms with Crippen LogP contribution in [-0.2, 0) is 0 Å². The molecule has 1 heteroatoms. The molecule has 0 aliphatic heterocycles. The molecule has 1 saturated carbocycles. The summed E-state index contributed by atoms with van der Waals surface area (Å²) in [6, 6.07) is 0. The molecule has 82 valence electrons. The molecule has 0 amide bonds. The largest absolute Gasteiger partial charge is 0.109 e. The molecule has 0 aromatic carbocycles. The quantitative estimate of drug-likeness (QED) is 0.558. The van der Waals surface area contributed by atoms with E-state index in [1.165, 1.54) is 25.7 Å². The first kappa shape index (κ1) is 12.1. The lowest BCUT2D eigenvalue weighted by atomic mass is 9.50. The van der Waals surface area contributed by atoms with Crippen molar-refractivity contribution >= 4 is 7.85 Å². The first-order chi connectivity index (χ1) is 6.26. The van der Waals surface area contributed by atoms with Crippen molar-refractivity contribution in [3.05, 3.63) is 0 Å². The molecule has 0 saturated heterocycles. The Kier molecular flexibility index (Phi) is 3.39. The first-order valence-electron chi connectivity index (χ1n) is 6.26. The molecule has 0 heterocycles. The van der Waals surface area contributed by atoms with Gasteiger partial charge in [-0.2, -0.15) is 0 Å². The van der Waals surface area contributed by atoms with Crippen LogP contribution in [0.25, 0.3) is 0 Å². The zero-order valence-electron chi connectivity index (χ0n) is 11.0. The highest BCUT2D eigenvalue weighted by atomic mass is 14.4. The van der Waals surface area contributed by atoms with Crippen LogP contribution in [0.4, 0.5) is 0 Å². The van der Waals surface area contributed by atoms with Gasteiger partial charge in [-0.15, -0.1) is 0 Å². The van der Waals surface area contributed by atoms with E-state index in [4.69, 9.17) is 0 Å². The second-order valence-corrected chi connectivity index (χ2v) is 6.97. The van der Waals surface area contributed by atoms with E-state index in [9.17, 15) is 0 Å². The van der Waals surface area contributed by atoms with Crippen LogP contribution in [0.2, 0.25) is 5.31 Å². The van der Waals surface area contributed by atoms with Crippen LogP contribution in [0.1, 0.15) is 60.3 Å². The van der Waals surface area contributed by atoms with Crippen molar-refractivity contribution in [2.45, 2.75) is 65.6 Å². The second kappa shape index (κ2) is 3.91. The summed E-state index contributed by atoms with van der Waals surface area (Å²) in [5.41, 5.74) is 0.510. The summed E-state index contributed by atoms with van der Waals surface area (Å²) in [4.78, 5) is 0. The normalized spacial score (nSPS) is 34.9. The summed E-state index contributed by atoms with van der Waals surface area (Å²) in [5, 5.41) is 0.607. The van der Waals surface area contributed by atoms with Gasteiger partial charge in [0.2, 0.25) is 0 Å². The van der Waals surface area contributed by atoms with Crippen molar-refractivity contribution in [3.63, 3.8) is 0 Å².